The van der Waals surface area contributed by atoms with Crippen LogP contribution >= 0.6 is 0 Å². The van der Waals surface area contributed by atoms with Gasteiger partial charge in [-0.05, 0) is 42.8 Å². The first kappa shape index (κ1) is 18.0. The molecule has 0 saturated carbocycles. The molecule has 1 aromatic heterocycles. The van der Waals surface area contributed by atoms with Crippen LogP contribution in [0.15, 0.2) is 52.0 Å². The molecule has 24 heavy (non-hydrogen) atoms. The number of hydrogen-bond donors (Lipinski definition) is 2. The zero-order valence-electron chi connectivity index (χ0n) is 13.5. The number of rotatable bonds is 8. The third-order valence-electron chi connectivity index (χ3n) is 3.41. The van der Waals surface area contributed by atoms with Crippen molar-refractivity contribution in [2.24, 2.45) is 0 Å². The average Bonchev–Trinajstić information content (AvgIpc) is 3.11. The van der Waals surface area contributed by atoms with Crippen LogP contribution in [0, 0.1) is 0 Å². The average molecular weight is 352 g/mol. The molecule has 130 valence electrons. The predicted molar refractivity (Wildman–Crippen MR) is 87.9 cm³/mol. The number of ether oxygens (including phenoxy) is 1. The normalized spacial score (nSPS) is 12.6. The molecule has 0 aliphatic heterocycles. The summed E-state index contributed by atoms with van der Waals surface area (Å²) in [6.07, 6.45) is 1.82. The lowest BCUT2D eigenvalue weighted by Crippen LogP contribution is -2.46. The highest BCUT2D eigenvalue weighted by Crippen LogP contribution is 2.16. The number of carbonyl (C=O) groups excluding carboxylic acids is 1. The molecule has 1 atom stereocenters. The highest BCUT2D eigenvalue weighted by molar-refractivity contribution is 7.89. The third-order valence-corrected chi connectivity index (χ3v) is 4.90. The highest BCUT2D eigenvalue weighted by atomic mass is 32.2. The molecule has 1 heterocycles. The zero-order valence-corrected chi connectivity index (χ0v) is 14.3. The molecule has 0 saturated heterocycles. The summed E-state index contributed by atoms with van der Waals surface area (Å²) in [5.41, 5.74) is 0. The first-order valence-corrected chi connectivity index (χ1v) is 8.91. The van der Waals surface area contributed by atoms with Crippen LogP contribution in [0.4, 0.5) is 0 Å². The van der Waals surface area contributed by atoms with E-state index in [2.05, 4.69) is 10.0 Å². The zero-order chi connectivity index (χ0) is 17.6. The van der Waals surface area contributed by atoms with Crippen LogP contribution in [0.3, 0.4) is 0 Å². The van der Waals surface area contributed by atoms with Gasteiger partial charge < -0.3 is 14.5 Å². The lowest BCUT2D eigenvalue weighted by Gasteiger charge is -2.16. The number of nitrogens with one attached hydrogen (secondary N) is 2. The van der Waals surface area contributed by atoms with Gasteiger partial charge in [0.15, 0.2) is 0 Å². The minimum Gasteiger partial charge on any atom is -0.497 e. The number of sulfonamides is 1. The van der Waals surface area contributed by atoms with E-state index in [4.69, 9.17) is 9.15 Å². The summed E-state index contributed by atoms with van der Waals surface area (Å²) in [6.45, 7) is 1.93. The second-order valence-corrected chi connectivity index (χ2v) is 6.77. The number of furan rings is 1. The van der Waals surface area contributed by atoms with E-state index in [0.717, 1.165) is 0 Å². The number of amides is 1. The van der Waals surface area contributed by atoms with Gasteiger partial charge in [0.05, 0.1) is 24.8 Å². The molecule has 8 heteroatoms. The number of hydrogen-bond acceptors (Lipinski definition) is 5. The summed E-state index contributed by atoms with van der Waals surface area (Å²) in [5.74, 6) is 0.736. The van der Waals surface area contributed by atoms with Gasteiger partial charge in [0, 0.05) is 0 Å². The monoisotopic (exact) mass is 352 g/mol. The topological polar surface area (TPSA) is 97.6 Å². The molecule has 2 rings (SSSR count). The molecule has 0 bridgehead atoms. The maximum atomic E-state index is 12.4. The van der Waals surface area contributed by atoms with Crippen molar-refractivity contribution in [2.75, 3.05) is 7.11 Å². The predicted octanol–water partition coefficient (Wildman–Crippen LogP) is 1.66. The maximum absolute atomic E-state index is 12.4. The van der Waals surface area contributed by atoms with Crippen LogP contribution in [0.1, 0.15) is 19.1 Å². The van der Waals surface area contributed by atoms with Crippen LogP contribution < -0.4 is 14.8 Å². The number of benzene rings is 1. The Balaban J connectivity index is 2.02. The Morgan fingerprint density at radius 1 is 1.25 bits per heavy atom. The van der Waals surface area contributed by atoms with Crippen molar-refractivity contribution >= 4 is 15.9 Å². The lowest BCUT2D eigenvalue weighted by molar-refractivity contribution is -0.123. The molecule has 0 aliphatic rings. The van der Waals surface area contributed by atoms with E-state index >= 15 is 0 Å². The van der Waals surface area contributed by atoms with Crippen LogP contribution in [0.2, 0.25) is 0 Å². The SMILES string of the molecule is CC[C@@H](NS(=O)(=O)c1ccc(OC)cc1)C(=O)NCc1ccco1. The minimum atomic E-state index is -3.80. The molecule has 7 nitrogen and oxygen atoms in total. The molecule has 2 aromatic rings. The molecule has 0 aliphatic carbocycles. The summed E-state index contributed by atoms with van der Waals surface area (Å²) in [6, 6.07) is 8.52. The Hall–Kier alpha value is -2.32. The highest BCUT2D eigenvalue weighted by Gasteiger charge is 2.24. The van der Waals surface area contributed by atoms with Gasteiger partial charge in [-0.15, -0.1) is 0 Å². The minimum absolute atomic E-state index is 0.0700. The van der Waals surface area contributed by atoms with E-state index in [-0.39, 0.29) is 11.4 Å². The van der Waals surface area contributed by atoms with Crippen molar-refractivity contribution in [2.45, 2.75) is 30.8 Å². The van der Waals surface area contributed by atoms with Crippen LogP contribution in [0.5, 0.6) is 5.75 Å². The first-order chi connectivity index (χ1) is 11.5. The quantitative estimate of drug-likeness (QED) is 0.753. The van der Waals surface area contributed by atoms with E-state index in [1.807, 2.05) is 0 Å². The summed E-state index contributed by atoms with van der Waals surface area (Å²) < 4.78 is 37.3. The Morgan fingerprint density at radius 3 is 2.50 bits per heavy atom. The molecule has 0 fully saturated rings. The van der Waals surface area contributed by atoms with E-state index in [9.17, 15) is 13.2 Å². The summed E-state index contributed by atoms with van der Waals surface area (Å²) in [4.78, 5) is 12.2. The maximum Gasteiger partial charge on any atom is 0.241 e. The van der Waals surface area contributed by atoms with Crippen LogP contribution in [-0.2, 0) is 21.4 Å². The van der Waals surface area contributed by atoms with Crippen molar-refractivity contribution in [3.8, 4) is 5.75 Å². The van der Waals surface area contributed by atoms with Crippen molar-refractivity contribution in [1.29, 1.82) is 0 Å². The van der Waals surface area contributed by atoms with Gasteiger partial charge in [-0.2, -0.15) is 4.72 Å². The van der Waals surface area contributed by atoms with Crippen molar-refractivity contribution in [3.05, 3.63) is 48.4 Å². The molecule has 0 radical (unpaired) electrons. The number of carbonyl (C=O) groups is 1. The Morgan fingerprint density at radius 2 is 1.96 bits per heavy atom. The molecule has 1 amide bonds. The standard InChI is InChI=1S/C16H20N2O5S/c1-3-15(16(19)17-11-13-5-4-10-23-13)18-24(20,21)14-8-6-12(22-2)7-9-14/h4-10,15,18H,3,11H2,1-2H3,(H,17,19)/t15-/m1/s1. The Kier molecular flexibility index (Phi) is 5.99. The Labute approximate surface area is 141 Å². The van der Waals surface area contributed by atoms with Gasteiger partial charge in [-0.25, -0.2) is 8.42 Å². The molecule has 2 N–H and O–H groups in total. The molecular formula is C16H20N2O5S. The fourth-order valence-corrected chi connectivity index (χ4v) is 3.32. The fraction of sp³-hybridized carbons (Fsp3) is 0.312. The van der Waals surface area contributed by atoms with Crippen LogP contribution in [0.25, 0.3) is 0 Å². The van der Waals surface area contributed by atoms with Gasteiger partial charge in [0.25, 0.3) is 0 Å². The smallest absolute Gasteiger partial charge is 0.241 e. The van der Waals surface area contributed by atoms with Gasteiger partial charge in [-0.1, -0.05) is 6.92 Å². The molecule has 1 aromatic carbocycles. The largest absolute Gasteiger partial charge is 0.497 e. The van der Waals surface area contributed by atoms with E-state index in [1.165, 1.54) is 25.5 Å². The Bertz CT molecular complexity index is 754. The summed E-state index contributed by atoms with van der Waals surface area (Å²) in [5, 5.41) is 2.65. The summed E-state index contributed by atoms with van der Waals surface area (Å²) in [7, 11) is -2.31. The number of methoxy groups -OCH3 is 1. The first-order valence-electron chi connectivity index (χ1n) is 7.42. The van der Waals surface area contributed by atoms with Crippen LogP contribution in [-0.4, -0.2) is 27.5 Å². The van der Waals surface area contributed by atoms with Crippen molar-refractivity contribution < 1.29 is 22.4 Å². The van der Waals surface area contributed by atoms with Crippen molar-refractivity contribution in [1.82, 2.24) is 10.0 Å². The summed E-state index contributed by atoms with van der Waals surface area (Å²) >= 11 is 0. The lowest BCUT2D eigenvalue weighted by atomic mass is 10.2. The van der Waals surface area contributed by atoms with Gasteiger partial charge in [-0.3, -0.25) is 4.79 Å². The second kappa shape index (κ2) is 7.98. The molecular weight excluding hydrogens is 332 g/mol. The van der Waals surface area contributed by atoms with Gasteiger partial charge >= 0.3 is 0 Å². The third kappa shape index (κ3) is 4.59. The van der Waals surface area contributed by atoms with E-state index in [0.29, 0.717) is 17.9 Å². The molecule has 0 unspecified atom stereocenters. The van der Waals surface area contributed by atoms with Crippen molar-refractivity contribution in [3.63, 3.8) is 0 Å². The van der Waals surface area contributed by atoms with E-state index in [1.54, 1.807) is 31.2 Å². The van der Waals surface area contributed by atoms with Gasteiger partial charge in [0.1, 0.15) is 17.6 Å². The fourth-order valence-electron chi connectivity index (χ4n) is 2.04. The van der Waals surface area contributed by atoms with Gasteiger partial charge in [0.2, 0.25) is 15.9 Å². The molecule has 0 spiro atoms. The second-order valence-electron chi connectivity index (χ2n) is 5.05. The van der Waals surface area contributed by atoms with E-state index < -0.39 is 22.0 Å².